The summed E-state index contributed by atoms with van der Waals surface area (Å²) in [6.07, 6.45) is 5.50. The number of nitrogens with one attached hydrogen (secondary N) is 1. The molecule has 1 fully saturated rings. The summed E-state index contributed by atoms with van der Waals surface area (Å²) >= 11 is 1.53. The maximum absolute atomic E-state index is 12.3. The predicted molar refractivity (Wildman–Crippen MR) is 81.9 cm³/mol. The Morgan fingerprint density at radius 2 is 2.00 bits per heavy atom. The topological polar surface area (TPSA) is 63.2 Å². The molecule has 1 aromatic rings. The monoisotopic (exact) mass is 305 g/mol. The second-order valence-corrected chi connectivity index (χ2v) is 7.04. The molecule has 4 nitrogen and oxygen atoms in total. The van der Waals surface area contributed by atoms with Crippen LogP contribution in [0.2, 0.25) is 0 Å². The van der Waals surface area contributed by atoms with Crippen LogP contribution in [0.1, 0.15) is 59.8 Å². The summed E-state index contributed by atoms with van der Waals surface area (Å²) in [6.45, 7) is 1.56. The Kier molecular flexibility index (Phi) is 3.93. The number of fused-ring (bicyclic) bond motifs is 1. The van der Waals surface area contributed by atoms with Crippen molar-refractivity contribution in [1.29, 1.82) is 0 Å². The number of anilines is 1. The molecule has 2 aliphatic carbocycles. The number of aryl methyl sites for hydroxylation is 1. The standard InChI is InChI=1S/C16H19NO3S/c1-9(18)14-12-6-3-7-13(12)21-16(14)17-15(20)10-4-2-5-11(19)8-10/h10H,2-8H2,1H3,(H,17,20). The average molecular weight is 305 g/mol. The first-order valence-electron chi connectivity index (χ1n) is 7.54. The first-order chi connectivity index (χ1) is 10.1. The molecule has 3 rings (SSSR count). The highest BCUT2D eigenvalue weighted by atomic mass is 32.1. The highest BCUT2D eigenvalue weighted by Gasteiger charge is 2.29. The molecule has 2 aliphatic rings. The third-order valence-corrected chi connectivity index (χ3v) is 5.57. The van der Waals surface area contributed by atoms with Gasteiger partial charge in [-0.15, -0.1) is 11.3 Å². The molecule has 1 saturated carbocycles. The van der Waals surface area contributed by atoms with Crippen molar-refractivity contribution in [3.8, 4) is 0 Å². The van der Waals surface area contributed by atoms with Crippen molar-refractivity contribution in [2.24, 2.45) is 5.92 Å². The fourth-order valence-electron chi connectivity index (χ4n) is 3.33. The van der Waals surface area contributed by atoms with Gasteiger partial charge in [0.05, 0.1) is 5.56 Å². The Morgan fingerprint density at radius 3 is 2.71 bits per heavy atom. The highest BCUT2D eigenvalue weighted by Crippen LogP contribution is 2.39. The van der Waals surface area contributed by atoms with Gasteiger partial charge in [-0.3, -0.25) is 14.4 Å². The van der Waals surface area contributed by atoms with Gasteiger partial charge in [0, 0.05) is 23.6 Å². The fourth-order valence-corrected chi connectivity index (χ4v) is 4.67. The van der Waals surface area contributed by atoms with E-state index >= 15 is 0 Å². The largest absolute Gasteiger partial charge is 0.317 e. The van der Waals surface area contributed by atoms with E-state index in [0.717, 1.165) is 37.7 Å². The van der Waals surface area contributed by atoms with Crippen molar-refractivity contribution in [1.82, 2.24) is 0 Å². The van der Waals surface area contributed by atoms with Crippen molar-refractivity contribution in [2.75, 3.05) is 5.32 Å². The first kappa shape index (κ1) is 14.4. The summed E-state index contributed by atoms with van der Waals surface area (Å²) in [5.74, 6) is -0.153. The molecule has 21 heavy (non-hydrogen) atoms. The Hall–Kier alpha value is -1.49. The molecule has 1 N–H and O–H groups in total. The smallest absolute Gasteiger partial charge is 0.228 e. The van der Waals surface area contributed by atoms with Crippen molar-refractivity contribution in [2.45, 2.75) is 51.9 Å². The van der Waals surface area contributed by atoms with Gasteiger partial charge >= 0.3 is 0 Å². The first-order valence-corrected chi connectivity index (χ1v) is 8.36. The van der Waals surface area contributed by atoms with Crippen LogP contribution in [0.3, 0.4) is 0 Å². The van der Waals surface area contributed by atoms with Crippen molar-refractivity contribution < 1.29 is 14.4 Å². The minimum Gasteiger partial charge on any atom is -0.317 e. The lowest BCUT2D eigenvalue weighted by Gasteiger charge is -2.20. The van der Waals surface area contributed by atoms with E-state index in [1.165, 1.54) is 16.2 Å². The SMILES string of the molecule is CC(=O)c1c(NC(=O)C2CCCC(=O)C2)sc2c1CCC2. The Labute approximate surface area is 127 Å². The van der Waals surface area contributed by atoms with Crippen LogP contribution in [-0.4, -0.2) is 17.5 Å². The van der Waals surface area contributed by atoms with Gasteiger partial charge in [-0.1, -0.05) is 0 Å². The highest BCUT2D eigenvalue weighted by molar-refractivity contribution is 7.17. The second-order valence-electron chi connectivity index (χ2n) is 5.94. The Morgan fingerprint density at radius 1 is 1.19 bits per heavy atom. The number of hydrogen-bond acceptors (Lipinski definition) is 4. The molecule has 0 bridgehead atoms. The summed E-state index contributed by atoms with van der Waals surface area (Å²) in [4.78, 5) is 37.0. The third kappa shape index (κ3) is 2.79. The van der Waals surface area contributed by atoms with Gasteiger partial charge in [0.25, 0.3) is 0 Å². The molecular formula is C16H19NO3S. The molecule has 1 unspecified atom stereocenters. The van der Waals surface area contributed by atoms with Crippen molar-refractivity contribution >= 4 is 33.8 Å². The molecule has 5 heteroatoms. The molecule has 1 aromatic heterocycles. The summed E-state index contributed by atoms with van der Waals surface area (Å²) in [7, 11) is 0. The number of rotatable bonds is 3. The Balaban J connectivity index is 1.80. The van der Waals surface area contributed by atoms with Gasteiger partial charge in [-0.25, -0.2) is 0 Å². The lowest BCUT2D eigenvalue weighted by atomic mass is 9.88. The zero-order valence-electron chi connectivity index (χ0n) is 12.2. The quantitative estimate of drug-likeness (QED) is 0.873. The minimum absolute atomic E-state index is 0.0180. The van der Waals surface area contributed by atoms with Crippen LogP contribution >= 0.6 is 11.3 Å². The maximum atomic E-state index is 12.3. The predicted octanol–water partition coefficient (Wildman–Crippen LogP) is 3.14. The normalized spacial score (nSPS) is 21.2. The van der Waals surface area contributed by atoms with Gasteiger partial charge in [-0.05, 0) is 44.6 Å². The van der Waals surface area contributed by atoms with Gasteiger partial charge in [0.15, 0.2) is 5.78 Å². The van der Waals surface area contributed by atoms with E-state index in [1.807, 2.05) is 0 Å². The Bertz CT molecular complexity index is 617. The molecule has 0 aliphatic heterocycles. The average Bonchev–Trinajstić information content (AvgIpc) is 2.98. The van der Waals surface area contributed by atoms with Crippen LogP contribution in [-0.2, 0) is 22.4 Å². The lowest BCUT2D eigenvalue weighted by molar-refractivity contribution is -0.128. The minimum atomic E-state index is -0.233. The number of carbonyl (C=O) groups is 3. The molecule has 112 valence electrons. The number of hydrogen-bond donors (Lipinski definition) is 1. The molecular weight excluding hydrogens is 286 g/mol. The van der Waals surface area contributed by atoms with Crippen LogP contribution in [0.5, 0.6) is 0 Å². The van der Waals surface area contributed by atoms with Gasteiger partial charge in [0.2, 0.25) is 5.91 Å². The van der Waals surface area contributed by atoms with E-state index in [0.29, 0.717) is 23.4 Å². The van der Waals surface area contributed by atoms with Gasteiger partial charge in [0.1, 0.15) is 10.8 Å². The lowest BCUT2D eigenvalue weighted by Crippen LogP contribution is -2.28. The van der Waals surface area contributed by atoms with E-state index in [-0.39, 0.29) is 23.4 Å². The molecule has 0 saturated heterocycles. The van der Waals surface area contributed by atoms with Crippen LogP contribution in [0.15, 0.2) is 0 Å². The fraction of sp³-hybridized carbons (Fsp3) is 0.562. The molecule has 1 heterocycles. The van der Waals surface area contributed by atoms with E-state index in [1.54, 1.807) is 6.92 Å². The molecule has 1 atom stereocenters. The third-order valence-electron chi connectivity index (χ3n) is 4.36. The van der Waals surface area contributed by atoms with Crippen LogP contribution in [0.4, 0.5) is 5.00 Å². The summed E-state index contributed by atoms with van der Waals surface area (Å²) in [6, 6.07) is 0. The zero-order chi connectivity index (χ0) is 15.0. The number of amides is 1. The summed E-state index contributed by atoms with van der Waals surface area (Å²) in [5.41, 5.74) is 1.82. The number of Topliss-reactive ketones (excluding diaryl/α,β-unsaturated/α-hetero) is 2. The van der Waals surface area contributed by atoms with Crippen molar-refractivity contribution in [3.63, 3.8) is 0 Å². The summed E-state index contributed by atoms with van der Waals surface area (Å²) < 4.78 is 0. The van der Waals surface area contributed by atoms with E-state index in [2.05, 4.69) is 5.32 Å². The second kappa shape index (κ2) is 5.72. The van der Waals surface area contributed by atoms with Gasteiger partial charge in [-0.2, -0.15) is 0 Å². The zero-order valence-corrected chi connectivity index (χ0v) is 13.0. The number of ketones is 2. The van der Waals surface area contributed by atoms with Crippen LogP contribution in [0.25, 0.3) is 0 Å². The molecule has 0 spiro atoms. The van der Waals surface area contributed by atoms with Crippen LogP contribution < -0.4 is 5.32 Å². The number of thiophene rings is 1. The molecule has 0 radical (unpaired) electrons. The molecule has 0 aromatic carbocycles. The molecule has 1 amide bonds. The van der Waals surface area contributed by atoms with Gasteiger partial charge < -0.3 is 5.32 Å². The van der Waals surface area contributed by atoms with E-state index in [9.17, 15) is 14.4 Å². The van der Waals surface area contributed by atoms with E-state index in [4.69, 9.17) is 0 Å². The van der Waals surface area contributed by atoms with Crippen molar-refractivity contribution in [3.05, 3.63) is 16.0 Å². The van der Waals surface area contributed by atoms with Crippen LogP contribution in [0, 0.1) is 5.92 Å². The maximum Gasteiger partial charge on any atom is 0.228 e. The van der Waals surface area contributed by atoms with E-state index < -0.39 is 0 Å². The summed E-state index contributed by atoms with van der Waals surface area (Å²) in [5, 5.41) is 3.61. The number of carbonyl (C=O) groups excluding carboxylic acids is 3.